The minimum Gasteiger partial charge on any atom is -0.492 e. The molecule has 0 bridgehead atoms. The molecule has 2 N–H and O–H groups in total. The topological polar surface area (TPSA) is 48.9 Å². The van der Waals surface area contributed by atoms with Crippen molar-refractivity contribution in [3.63, 3.8) is 0 Å². The number of aliphatic imine (C=N–C) groups is 1. The molecule has 0 saturated carbocycles. The van der Waals surface area contributed by atoms with Gasteiger partial charge in [-0.25, -0.2) is 4.99 Å². The van der Waals surface area contributed by atoms with Gasteiger partial charge >= 0.3 is 0 Å². The van der Waals surface area contributed by atoms with E-state index in [0.29, 0.717) is 13.2 Å². The lowest BCUT2D eigenvalue weighted by molar-refractivity contribution is 0.261. The fraction of sp³-hybridized carbons (Fsp3) is 0.611. The molecule has 0 spiro atoms. The summed E-state index contributed by atoms with van der Waals surface area (Å²) in [4.78, 5) is 6.76. The maximum atomic E-state index is 5.77. The molecule has 0 aliphatic heterocycles. The lowest BCUT2D eigenvalue weighted by atomic mass is 10.1. The predicted molar refractivity (Wildman–Crippen MR) is 114 cm³/mol. The highest BCUT2D eigenvalue weighted by Gasteiger charge is 2.11. The minimum atomic E-state index is -0.0157. The van der Waals surface area contributed by atoms with Gasteiger partial charge < -0.3 is 20.3 Å². The number of nitrogens with zero attached hydrogens (tertiary/aromatic N) is 2. The molecule has 1 rings (SSSR count). The molecule has 6 heteroatoms. The number of likely N-dealkylation sites (N-methyl/N-ethyl adjacent to an activating group) is 1. The zero-order valence-corrected chi connectivity index (χ0v) is 18.2. The molecule has 0 heterocycles. The Morgan fingerprint density at radius 2 is 1.96 bits per heavy atom. The van der Waals surface area contributed by atoms with E-state index >= 15 is 0 Å². The molecule has 0 aromatic heterocycles. The summed E-state index contributed by atoms with van der Waals surface area (Å²) < 4.78 is 5.77. The highest BCUT2D eigenvalue weighted by Crippen LogP contribution is 2.14. The van der Waals surface area contributed by atoms with Crippen molar-refractivity contribution >= 4 is 29.9 Å². The van der Waals surface area contributed by atoms with Gasteiger partial charge in [-0.2, -0.15) is 0 Å². The van der Waals surface area contributed by atoms with Gasteiger partial charge in [0, 0.05) is 18.6 Å². The summed E-state index contributed by atoms with van der Waals surface area (Å²) in [5.74, 6) is 1.73. The third kappa shape index (κ3) is 10.7. The van der Waals surface area contributed by atoms with E-state index in [4.69, 9.17) is 4.74 Å². The van der Waals surface area contributed by atoms with E-state index in [0.717, 1.165) is 30.4 Å². The summed E-state index contributed by atoms with van der Waals surface area (Å²) in [6, 6.07) is 8.13. The Labute approximate surface area is 164 Å². The lowest BCUT2D eigenvalue weighted by Gasteiger charge is -2.23. The van der Waals surface area contributed by atoms with Crippen molar-refractivity contribution in [3.05, 3.63) is 29.8 Å². The number of rotatable bonds is 7. The van der Waals surface area contributed by atoms with Crippen molar-refractivity contribution in [2.24, 2.45) is 4.99 Å². The molecule has 0 atom stereocenters. The molecule has 1 aromatic carbocycles. The van der Waals surface area contributed by atoms with Gasteiger partial charge in [0.2, 0.25) is 0 Å². The van der Waals surface area contributed by atoms with Crippen LogP contribution in [0.4, 0.5) is 0 Å². The second-order valence-corrected chi connectivity index (χ2v) is 6.87. The number of ether oxygens (including phenoxy) is 1. The van der Waals surface area contributed by atoms with E-state index in [9.17, 15) is 0 Å². The third-order valence-electron chi connectivity index (χ3n) is 2.96. The number of hydrogen-bond donors (Lipinski definition) is 2. The van der Waals surface area contributed by atoms with Crippen LogP contribution in [0.5, 0.6) is 5.75 Å². The van der Waals surface area contributed by atoms with Crippen LogP contribution in [0.3, 0.4) is 0 Å². The predicted octanol–water partition coefficient (Wildman–Crippen LogP) is 3.10. The van der Waals surface area contributed by atoms with Crippen molar-refractivity contribution in [3.8, 4) is 5.75 Å². The lowest BCUT2D eigenvalue weighted by Crippen LogP contribution is -2.47. The van der Waals surface area contributed by atoms with E-state index in [1.807, 2.05) is 26.2 Å². The molecule has 0 unspecified atom stereocenters. The zero-order valence-electron chi connectivity index (χ0n) is 15.8. The Morgan fingerprint density at radius 3 is 2.54 bits per heavy atom. The van der Waals surface area contributed by atoms with Gasteiger partial charge in [-0.3, -0.25) is 0 Å². The van der Waals surface area contributed by atoms with Crippen molar-refractivity contribution in [1.82, 2.24) is 15.5 Å². The summed E-state index contributed by atoms with van der Waals surface area (Å²) in [7, 11) is 4.08. The summed E-state index contributed by atoms with van der Waals surface area (Å²) in [6.45, 7) is 11.5. The van der Waals surface area contributed by atoms with E-state index < -0.39 is 0 Å². The average molecular weight is 448 g/mol. The number of hydrogen-bond acceptors (Lipinski definition) is 3. The fourth-order valence-corrected chi connectivity index (χ4v) is 1.91. The van der Waals surface area contributed by atoms with Crippen LogP contribution >= 0.6 is 24.0 Å². The van der Waals surface area contributed by atoms with Crippen LogP contribution in [0, 0.1) is 0 Å². The second-order valence-electron chi connectivity index (χ2n) is 6.87. The number of guanidine groups is 1. The zero-order chi connectivity index (χ0) is 17.3. The van der Waals surface area contributed by atoms with Crippen molar-refractivity contribution in [1.29, 1.82) is 0 Å². The summed E-state index contributed by atoms with van der Waals surface area (Å²) in [5.41, 5.74) is 1.12. The fourth-order valence-electron chi connectivity index (χ4n) is 1.91. The molecule has 138 valence electrons. The molecule has 5 nitrogen and oxygen atoms in total. The first kappa shape index (κ1) is 23.0. The first-order chi connectivity index (χ1) is 10.8. The van der Waals surface area contributed by atoms with Gasteiger partial charge in [-0.1, -0.05) is 12.1 Å². The maximum absolute atomic E-state index is 5.77. The Morgan fingerprint density at radius 1 is 1.25 bits per heavy atom. The van der Waals surface area contributed by atoms with E-state index in [-0.39, 0.29) is 29.5 Å². The van der Waals surface area contributed by atoms with Crippen LogP contribution in [0.1, 0.15) is 33.3 Å². The van der Waals surface area contributed by atoms with Crippen LogP contribution in [-0.4, -0.2) is 50.2 Å². The van der Waals surface area contributed by atoms with Gasteiger partial charge in [-0.15, -0.1) is 24.0 Å². The van der Waals surface area contributed by atoms with Crippen molar-refractivity contribution in [2.75, 3.05) is 33.8 Å². The Bertz CT molecular complexity index is 498. The van der Waals surface area contributed by atoms with E-state index in [1.54, 1.807) is 0 Å². The van der Waals surface area contributed by atoms with Crippen LogP contribution in [0.25, 0.3) is 0 Å². The first-order valence-corrected chi connectivity index (χ1v) is 8.23. The molecule has 0 amide bonds. The van der Waals surface area contributed by atoms with Crippen LogP contribution < -0.4 is 15.4 Å². The maximum Gasteiger partial charge on any atom is 0.191 e. The summed E-state index contributed by atoms with van der Waals surface area (Å²) in [5, 5.41) is 6.66. The van der Waals surface area contributed by atoms with Crippen molar-refractivity contribution in [2.45, 2.75) is 39.8 Å². The highest BCUT2D eigenvalue weighted by atomic mass is 127. The van der Waals surface area contributed by atoms with Crippen LogP contribution in [-0.2, 0) is 6.54 Å². The molecule has 0 aliphatic rings. The minimum absolute atomic E-state index is 0. The van der Waals surface area contributed by atoms with Crippen LogP contribution in [0.2, 0.25) is 0 Å². The quantitative estimate of drug-likeness (QED) is 0.383. The molecule has 1 aromatic rings. The Kier molecular flexibility index (Phi) is 11.0. The average Bonchev–Trinajstić information content (AvgIpc) is 2.43. The normalized spacial score (nSPS) is 11.9. The van der Waals surface area contributed by atoms with Crippen LogP contribution in [0.15, 0.2) is 29.3 Å². The standard InChI is InChI=1S/C18H32N4O.HI/c1-7-19-17(21-18(2,3)4)20-14-15-9-8-10-16(13-15)23-12-11-22(5)6;/h8-10,13H,7,11-12,14H2,1-6H3,(H2,19,20,21);1H. The van der Waals surface area contributed by atoms with Gasteiger partial charge in [-0.05, 0) is 59.5 Å². The van der Waals surface area contributed by atoms with Gasteiger partial charge in [0.15, 0.2) is 5.96 Å². The largest absolute Gasteiger partial charge is 0.492 e. The van der Waals surface area contributed by atoms with E-state index in [2.05, 4.69) is 60.4 Å². The van der Waals surface area contributed by atoms with Gasteiger partial charge in [0.25, 0.3) is 0 Å². The molecular formula is C18H33IN4O. The SMILES string of the molecule is CCNC(=NCc1cccc(OCCN(C)C)c1)NC(C)(C)C.I. The molecule has 0 aliphatic carbocycles. The van der Waals surface area contributed by atoms with Gasteiger partial charge in [0.1, 0.15) is 12.4 Å². The molecule has 0 saturated heterocycles. The van der Waals surface area contributed by atoms with Gasteiger partial charge in [0.05, 0.1) is 6.54 Å². The highest BCUT2D eigenvalue weighted by molar-refractivity contribution is 14.0. The molecule has 24 heavy (non-hydrogen) atoms. The number of nitrogens with one attached hydrogen (secondary N) is 2. The summed E-state index contributed by atoms with van der Waals surface area (Å²) in [6.07, 6.45) is 0. The smallest absolute Gasteiger partial charge is 0.191 e. The Hall–Kier alpha value is -1.02. The number of halogens is 1. The first-order valence-electron chi connectivity index (χ1n) is 8.23. The molecule has 0 fully saturated rings. The molecule has 0 radical (unpaired) electrons. The summed E-state index contributed by atoms with van der Waals surface area (Å²) >= 11 is 0. The molecular weight excluding hydrogens is 415 g/mol. The second kappa shape index (κ2) is 11.5. The van der Waals surface area contributed by atoms with E-state index in [1.165, 1.54) is 0 Å². The third-order valence-corrected chi connectivity index (χ3v) is 2.96. The monoisotopic (exact) mass is 448 g/mol. The number of benzene rings is 1. The van der Waals surface area contributed by atoms with Crippen molar-refractivity contribution < 1.29 is 4.74 Å². The Balaban J connectivity index is 0.00000529.